The number of benzene rings is 2. The van der Waals surface area contributed by atoms with Crippen molar-refractivity contribution in [2.45, 2.75) is 11.5 Å². The standard InChI is InChI=1S/C16H12Cl2N2O4S/c17-13-6-5-12(14(18)7-13)10-24-16(21)9-20-25(22,23)15-4-2-1-3-11(15)8-19/h1-7,20H,9-10H2. The Hall–Kier alpha value is -2.11. The van der Waals surface area contributed by atoms with Crippen molar-refractivity contribution < 1.29 is 17.9 Å². The number of carbonyl (C=O) groups is 1. The number of rotatable bonds is 6. The average molecular weight is 399 g/mol. The second-order valence-corrected chi connectivity index (χ2v) is 7.41. The minimum Gasteiger partial charge on any atom is -0.460 e. The van der Waals surface area contributed by atoms with E-state index in [1.54, 1.807) is 24.3 Å². The lowest BCUT2D eigenvalue weighted by atomic mass is 10.2. The normalized spacial score (nSPS) is 10.9. The van der Waals surface area contributed by atoms with Crippen LogP contribution in [0.2, 0.25) is 10.0 Å². The van der Waals surface area contributed by atoms with Crippen molar-refractivity contribution in [1.82, 2.24) is 4.72 Å². The largest absolute Gasteiger partial charge is 0.460 e. The van der Waals surface area contributed by atoms with Crippen LogP contribution in [0, 0.1) is 11.3 Å². The molecule has 0 spiro atoms. The van der Waals surface area contributed by atoms with Crippen LogP contribution in [-0.4, -0.2) is 20.9 Å². The zero-order valence-electron chi connectivity index (χ0n) is 12.7. The number of ether oxygens (including phenoxy) is 1. The molecule has 0 bridgehead atoms. The number of carbonyl (C=O) groups excluding carboxylic acids is 1. The van der Waals surface area contributed by atoms with Gasteiger partial charge < -0.3 is 4.74 Å². The van der Waals surface area contributed by atoms with Crippen molar-refractivity contribution in [1.29, 1.82) is 5.26 Å². The smallest absolute Gasteiger partial charge is 0.321 e. The van der Waals surface area contributed by atoms with Crippen molar-refractivity contribution in [2.75, 3.05) is 6.54 Å². The number of halogens is 2. The van der Waals surface area contributed by atoms with E-state index in [9.17, 15) is 13.2 Å². The number of hydrogen-bond donors (Lipinski definition) is 1. The molecule has 0 aromatic heterocycles. The molecule has 0 aliphatic heterocycles. The summed E-state index contributed by atoms with van der Waals surface area (Å²) in [7, 11) is -4.01. The first-order chi connectivity index (χ1) is 11.8. The third-order valence-electron chi connectivity index (χ3n) is 3.11. The maximum Gasteiger partial charge on any atom is 0.321 e. The molecule has 0 atom stereocenters. The SMILES string of the molecule is N#Cc1ccccc1S(=O)(=O)NCC(=O)OCc1ccc(Cl)cc1Cl. The molecule has 1 N–H and O–H groups in total. The average Bonchev–Trinajstić information content (AvgIpc) is 2.59. The van der Waals surface area contributed by atoms with Crippen LogP contribution in [0.15, 0.2) is 47.4 Å². The third kappa shape index (κ3) is 5.18. The Labute approximate surface area is 155 Å². The predicted molar refractivity (Wildman–Crippen MR) is 92.6 cm³/mol. The molecular formula is C16H12Cl2N2O4S. The van der Waals surface area contributed by atoms with Crippen molar-refractivity contribution >= 4 is 39.2 Å². The van der Waals surface area contributed by atoms with E-state index >= 15 is 0 Å². The molecule has 2 aromatic rings. The van der Waals surface area contributed by atoms with Gasteiger partial charge in [-0.15, -0.1) is 0 Å². The Kier molecular flexibility index (Phi) is 6.39. The summed E-state index contributed by atoms with van der Waals surface area (Å²) in [6.07, 6.45) is 0. The van der Waals surface area contributed by atoms with E-state index in [0.29, 0.717) is 15.6 Å². The summed E-state index contributed by atoms with van der Waals surface area (Å²) in [6, 6.07) is 12.2. The number of nitrogens with zero attached hydrogens (tertiary/aromatic N) is 1. The van der Waals surface area contributed by atoms with E-state index in [1.165, 1.54) is 24.3 Å². The highest BCUT2D eigenvalue weighted by atomic mass is 35.5. The van der Waals surface area contributed by atoms with E-state index in [0.717, 1.165) is 0 Å². The van der Waals surface area contributed by atoms with E-state index in [-0.39, 0.29) is 17.1 Å². The van der Waals surface area contributed by atoms with Gasteiger partial charge in [0.25, 0.3) is 0 Å². The van der Waals surface area contributed by atoms with Crippen LogP contribution in [0.1, 0.15) is 11.1 Å². The van der Waals surface area contributed by atoms with E-state index in [4.69, 9.17) is 33.2 Å². The van der Waals surface area contributed by atoms with E-state index < -0.39 is 22.5 Å². The van der Waals surface area contributed by atoms with Crippen molar-refractivity contribution in [2.24, 2.45) is 0 Å². The van der Waals surface area contributed by atoms with Gasteiger partial charge in [0, 0.05) is 15.6 Å². The molecule has 6 nitrogen and oxygen atoms in total. The topological polar surface area (TPSA) is 96.3 Å². The van der Waals surface area contributed by atoms with Gasteiger partial charge in [0.05, 0.1) is 10.5 Å². The van der Waals surface area contributed by atoms with Crippen molar-refractivity contribution in [3.63, 3.8) is 0 Å². The van der Waals surface area contributed by atoms with Gasteiger partial charge in [0.1, 0.15) is 19.2 Å². The molecule has 0 radical (unpaired) electrons. The summed E-state index contributed by atoms with van der Waals surface area (Å²) in [5.74, 6) is -0.788. The summed E-state index contributed by atoms with van der Waals surface area (Å²) in [5.41, 5.74) is 0.522. The van der Waals surface area contributed by atoms with Gasteiger partial charge in [-0.1, -0.05) is 41.4 Å². The zero-order chi connectivity index (χ0) is 18.4. The second kappa shape index (κ2) is 8.32. The number of nitrogens with one attached hydrogen (secondary N) is 1. The predicted octanol–water partition coefficient (Wildman–Crippen LogP) is 2.89. The number of sulfonamides is 1. The molecule has 0 fully saturated rings. The molecule has 130 valence electrons. The van der Waals surface area contributed by atoms with Crippen LogP contribution < -0.4 is 4.72 Å². The lowest BCUT2D eigenvalue weighted by Gasteiger charge is -2.09. The van der Waals surface area contributed by atoms with E-state index in [1.807, 2.05) is 0 Å². The molecule has 25 heavy (non-hydrogen) atoms. The lowest BCUT2D eigenvalue weighted by molar-refractivity contribution is -0.143. The zero-order valence-corrected chi connectivity index (χ0v) is 15.0. The number of nitriles is 1. The van der Waals surface area contributed by atoms with Crippen molar-refractivity contribution in [3.05, 3.63) is 63.6 Å². The maximum absolute atomic E-state index is 12.2. The second-order valence-electron chi connectivity index (χ2n) is 4.83. The van der Waals surface area contributed by atoms with Crippen molar-refractivity contribution in [3.8, 4) is 6.07 Å². The van der Waals surface area contributed by atoms with Crippen LogP contribution in [0.5, 0.6) is 0 Å². The van der Waals surface area contributed by atoms with Crippen LogP contribution >= 0.6 is 23.2 Å². The maximum atomic E-state index is 12.2. The molecule has 2 aromatic carbocycles. The van der Waals surface area contributed by atoms with Gasteiger partial charge in [-0.2, -0.15) is 9.98 Å². The van der Waals surface area contributed by atoms with Gasteiger partial charge >= 0.3 is 5.97 Å². The Morgan fingerprint density at radius 2 is 1.92 bits per heavy atom. The summed E-state index contributed by atoms with van der Waals surface area (Å²) >= 11 is 11.7. The molecule has 0 heterocycles. The summed E-state index contributed by atoms with van der Waals surface area (Å²) in [5, 5.41) is 9.74. The van der Waals surface area contributed by atoms with Gasteiger partial charge in [0.15, 0.2) is 0 Å². The molecule has 0 amide bonds. The quantitative estimate of drug-likeness (QED) is 0.754. The first-order valence-electron chi connectivity index (χ1n) is 6.92. The highest BCUT2D eigenvalue weighted by Crippen LogP contribution is 2.21. The van der Waals surface area contributed by atoms with Crippen LogP contribution in [0.4, 0.5) is 0 Å². The van der Waals surface area contributed by atoms with Crippen LogP contribution in [0.25, 0.3) is 0 Å². The Morgan fingerprint density at radius 1 is 1.20 bits per heavy atom. The molecule has 9 heteroatoms. The number of esters is 1. The fourth-order valence-electron chi connectivity index (χ4n) is 1.87. The Morgan fingerprint density at radius 3 is 2.60 bits per heavy atom. The fraction of sp³-hybridized carbons (Fsp3) is 0.125. The van der Waals surface area contributed by atoms with Gasteiger partial charge in [-0.25, -0.2) is 8.42 Å². The first kappa shape index (κ1) is 19.2. The highest BCUT2D eigenvalue weighted by molar-refractivity contribution is 7.89. The molecule has 0 aliphatic carbocycles. The summed E-state index contributed by atoms with van der Waals surface area (Å²) < 4.78 is 31.4. The molecule has 0 aliphatic rings. The van der Waals surface area contributed by atoms with E-state index in [2.05, 4.69) is 4.72 Å². The van der Waals surface area contributed by atoms with Gasteiger partial charge in [-0.3, -0.25) is 4.79 Å². The van der Waals surface area contributed by atoms with Crippen LogP contribution in [-0.2, 0) is 26.2 Å². The molecule has 2 rings (SSSR count). The Bertz CT molecular complexity index is 939. The molecule has 0 unspecified atom stereocenters. The fourth-order valence-corrected chi connectivity index (χ4v) is 3.46. The highest BCUT2D eigenvalue weighted by Gasteiger charge is 2.19. The minimum absolute atomic E-state index is 0.0173. The first-order valence-corrected chi connectivity index (χ1v) is 9.16. The third-order valence-corrected chi connectivity index (χ3v) is 5.15. The number of hydrogen-bond acceptors (Lipinski definition) is 5. The molecule has 0 saturated heterocycles. The minimum atomic E-state index is -4.01. The van der Waals surface area contributed by atoms with Gasteiger partial charge in [0.2, 0.25) is 10.0 Å². The Balaban J connectivity index is 1.96. The van der Waals surface area contributed by atoms with Gasteiger partial charge in [-0.05, 0) is 24.3 Å². The monoisotopic (exact) mass is 398 g/mol. The van der Waals surface area contributed by atoms with Crippen LogP contribution in [0.3, 0.4) is 0 Å². The lowest BCUT2D eigenvalue weighted by Crippen LogP contribution is -2.31. The molecular weight excluding hydrogens is 387 g/mol. The summed E-state index contributed by atoms with van der Waals surface area (Å²) in [6.45, 7) is -0.696. The summed E-state index contributed by atoms with van der Waals surface area (Å²) in [4.78, 5) is 11.5. The molecule has 0 saturated carbocycles.